The summed E-state index contributed by atoms with van der Waals surface area (Å²) in [5.74, 6) is 0. The number of ether oxygens (including phenoxy) is 2. The first-order valence-corrected chi connectivity index (χ1v) is 5.72. The van der Waals surface area contributed by atoms with Crippen molar-refractivity contribution >= 4 is 6.09 Å². The third-order valence-corrected chi connectivity index (χ3v) is 2.32. The molecule has 1 heterocycles. The minimum absolute atomic E-state index is 0.247. The van der Waals surface area contributed by atoms with Crippen LogP contribution in [0.1, 0.15) is 20.8 Å². The molecule has 1 amide bonds. The fraction of sp³-hybridized carbons (Fsp3) is 0.750. The Morgan fingerprint density at radius 1 is 1.53 bits per heavy atom. The molecule has 1 aliphatic rings. The summed E-state index contributed by atoms with van der Waals surface area (Å²) >= 11 is 0. The number of aliphatic hydroxyl groups excluding tert-OH is 1. The lowest BCUT2D eigenvalue weighted by molar-refractivity contribution is 0.00391. The highest BCUT2D eigenvalue weighted by atomic mass is 16.6. The van der Waals surface area contributed by atoms with Crippen molar-refractivity contribution in [1.29, 1.82) is 0 Å². The number of carbonyl (C=O) groups is 1. The molecule has 0 bridgehead atoms. The SMILES string of the molecule is C=CCO[C@@H]1CN(C(=O)OC(C)(C)C)C[C@H]1O. The second-order valence-electron chi connectivity index (χ2n) is 5.11. The van der Waals surface area contributed by atoms with Crippen molar-refractivity contribution in [3.8, 4) is 0 Å². The van der Waals surface area contributed by atoms with Crippen LogP contribution in [0.2, 0.25) is 0 Å². The zero-order chi connectivity index (χ0) is 13.1. The van der Waals surface area contributed by atoms with Crippen LogP contribution in [-0.2, 0) is 9.47 Å². The van der Waals surface area contributed by atoms with Crippen LogP contribution in [-0.4, -0.2) is 53.6 Å². The maximum absolute atomic E-state index is 11.7. The Morgan fingerprint density at radius 3 is 2.71 bits per heavy atom. The van der Waals surface area contributed by atoms with Gasteiger partial charge in [-0.05, 0) is 20.8 Å². The first kappa shape index (κ1) is 14.0. The average Bonchev–Trinajstić information content (AvgIpc) is 2.54. The normalized spacial score (nSPS) is 24.8. The van der Waals surface area contributed by atoms with Gasteiger partial charge in [-0.1, -0.05) is 6.08 Å². The largest absolute Gasteiger partial charge is 0.444 e. The van der Waals surface area contributed by atoms with Gasteiger partial charge in [0.2, 0.25) is 0 Å². The zero-order valence-corrected chi connectivity index (χ0v) is 10.7. The molecule has 1 saturated heterocycles. The second-order valence-corrected chi connectivity index (χ2v) is 5.11. The van der Waals surface area contributed by atoms with E-state index in [2.05, 4.69) is 6.58 Å². The topological polar surface area (TPSA) is 59.0 Å². The number of amides is 1. The number of nitrogens with zero attached hydrogens (tertiary/aromatic N) is 1. The van der Waals surface area contributed by atoms with Gasteiger partial charge in [-0.2, -0.15) is 0 Å². The van der Waals surface area contributed by atoms with E-state index in [9.17, 15) is 9.90 Å². The molecule has 1 N–H and O–H groups in total. The highest BCUT2D eigenvalue weighted by Crippen LogP contribution is 2.17. The molecule has 17 heavy (non-hydrogen) atoms. The summed E-state index contributed by atoms with van der Waals surface area (Å²) in [6.07, 6.45) is 0.173. The third-order valence-electron chi connectivity index (χ3n) is 2.32. The van der Waals surface area contributed by atoms with Crippen LogP contribution in [0.15, 0.2) is 12.7 Å². The van der Waals surface area contributed by atoms with E-state index in [0.717, 1.165) is 0 Å². The molecule has 1 rings (SSSR count). The number of hydrogen-bond donors (Lipinski definition) is 1. The summed E-state index contributed by atoms with van der Waals surface area (Å²) in [6.45, 7) is 9.93. The van der Waals surface area contributed by atoms with Crippen molar-refractivity contribution in [2.45, 2.75) is 38.6 Å². The predicted molar refractivity (Wildman–Crippen MR) is 63.8 cm³/mol. The van der Waals surface area contributed by atoms with Crippen LogP contribution < -0.4 is 0 Å². The number of rotatable bonds is 3. The summed E-state index contributed by atoms with van der Waals surface area (Å²) in [5, 5.41) is 9.72. The summed E-state index contributed by atoms with van der Waals surface area (Å²) in [7, 11) is 0. The summed E-state index contributed by atoms with van der Waals surface area (Å²) in [5.41, 5.74) is -0.526. The molecular formula is C12H21NO4. The first-order chi connectivity index (χ1) is 7.83. The van der Waals surface area contributed by atoms with E-state index in [1.807, 2.05) is 20.8 Å². The Balaban J connectivity index is 2.47. The molecule has 0 radical (unpaired) electrons. The maximum atomic E-state index is 11.7. The van der Waals surface area contributed by atoms with Gasteiger partial charge in [0.05, 0.1) is 25.8 Å². The van der Waals surface area contributed by atoms with Crippen LogP contribution in [0.4, 0.5) is 4.79 Å². The molecule has 0 aromatic carbocycles. The summed E-state index contributed by atoms with van der Waals surface area (Å²) in [6, 6.07) is 0. The Bertz CT molecular complexity index is 285. The van der Waals surface area contributed by atoms with Gasteiger partial charge in [-0.3, -0.25) is 0 Å². The molecule has 0 saturated carbocycles. The molecule has 0 aliphatic carbocycles. The van der Waals surface area contributed by atoms with Gasteiger partial charge in [0, 0.05) is 0 Å². The lowest BCUT2D eigenvalue weighted by Gasteiger charge is -2.24. The number of aliphatic hydroxyl groups is 1. The Morgan fingerprint density at radius 2 is 2.18 bits per heavy atom. The average molecular weight is 243 g/mol. The molecule has 0 aromatic heterocycles. The van der Waals surface area contributed by atoms with Crippen molar-refractivity contribution < 1.29 is 19.4 Å². The van der Waals surface area contributed by atoms with E-state index in [4.69, 9.17) is 9.47 Å². The standard InChI is InChI=1S/C12H21NO4/c1-5-6-16-10-8-13(7-9(10)14)11(15)17-12(2,3)4/h5,9-10,14H,1,6-8H2,2-4H3/t9-,10-/m1/s1. The summed E-state index contributed by atoms with van der Waals surface area (Å²) < 4.78 is 10.6. The fourth-order valence-electron chi connectivity index (χ4n) is 1.59. The molecule has 0 spiro atoms. The number of carbonyl (C=O) groups excluding carboxylic acids is 1. The number of likely N-dealkylation sites (tertiary alicyclic amines) is 1. The Kier molecular flexibility index (Phi) is 4.54. The van der Waals surface area contributed by atoms with Gasteiger partial charge in [0.25, 0.3) is 0 Å². The highest BCUT2D eigenvalue weighted by molar-refractivity contribution is 5.68. The van der Waals surface area contributed by atoms with Crippen LogP contribution in [0.5, 0.6) is 0 Å². The van der Waals surface area contributed by atoms with Crippen LogP contribution in [0.25, 0.3) is 0 Å². The fourth-order valence-corrected chi connectivity index (χ4v) is 1.59. The maximum Gasteiger partial charge on any atom is 0.410 e. The molecule has 1 fully saturated rings. The minimum Gasteiger partial charge on any atom is -0.444 e. The van der Waals surface area contributed by atoms with E-state index in [0.29, 0.717) is 13.2 Å². The highest BCUT2D eigenvalue weighted by Gasteiger charge is 2.36. The van der Waals surface area contributed by atoms with Gasteiger partial charge in [0.15, 0.2) is 0 Å². The Hall–Kier alpha value is -1.07. The third kappa shape index (κ3) is 4.36. The van der Waals surface area contributed by atoms with Crippen molar-refractivity contribution in [2.75, 3.05) is 19.7 Å². The summed E-state index contributed by atoms with van der Waals surface area (Å²) in [4.78, 5) is 13.2. The molecule has 0 aromatic rings. The van der Waals surface area contributed by atoms with Crippen molar-refractivity contribution in [3.63, 3.8) is 0 Å². The van der Waals surface area contributed by atoms with E-state index < -0.39 is 17.8 Å². The first-order valence-electron chi connectivity index (χ1n) is 5.72. The predicted octanol–water partition coefficient (Wildman–Crippen LogP) is 1.17. The van der Waals surface area contributed by atoms with E-state index in [1.165, 1.54) is 4.90 Å². The Labute approximate surface area is 102 Å². The lowest BCUT2D eigenvalue weighted by Crippen LogP contribution is -2.36. The van der Waals surface area contributed by atoms with Gasteiger partial charge in [0.1, 0.15) is 11.7 Å². The monoisotopic (exact) mass is 243 g/mol. The van der Waals surface area contributed by atoms with E-state index >= 15 is 0 Å². The van der Waals surface area contributed by atoms with Gasteiger partial charge in [-0.15, -0.1) is 6.58 Å². The molecule has 0 unspecified atom stereocenters. The van der Waals surface area contributed by atoms with Crippen molar-refractivity contribution in [3.05, 3.63) is 12.7 Å². The van der Waals surface area contributed by atoms with Crippen LogP contribution in [0, 0.1) is 0 Å². The van der Waals surface area contributed by atoms with Crippen LogP contribution in [0.3, 0.4) is 0 Å². The zero-order valence-electron chi connectivity index (χ0n) is 10.7. The molecule has 5 heteroatoms. The van der Waals surface area contributed by atoms with E-state index in [-0.39, 0.29) is 12.6 Å². The quantitative estimate of drug-likeness (QED) is 0.756. The number of hydrogen-bond acceptors (Lipinski definition) is 4. The molecule has 98 valence electrons. The molecule has 1 aliphatic heterocycles. The van der Waals surface area contributed by atoms with Gasteiger partial charge < -0.3 is 19.5 Å². The van der Waals surface area contributed by atoms with Crippen molar-refractivity contribution in [1.82, 2.24) is 4.90 Å². The van der Waals surface area contributed by atoms with Crippen molar-refractivity contribution in [2.24, 2.45) is 0 Å². The number of β-amino-alcohol motifs (C(OH)–C–C–N with tert-alkyl or cyclic N) is 1. The lowest BCUT2D eigenvalue weighted by atomic mass is 10.2. The second kappa shape index (κ2) is 5.51. The van der Waals surface area contributed by atoms with Crippen LogP contribution >= 0.6 is 0 Å². The molecular weight excluding hydrogens is 222 g/mol. The van der Waals surface area contributed by atoms with Gasteiger partial charge in [-0.25, -0.2) is 4.79 Å². The molecule has 5 nitrogen and oxygen atoms in total. The van der Waals surface area contributed by atoms with E-state index in [1.54, 1.807) is 6.08 Å². The smallest absolute Gasteiger partial charge is 0.410 e. The molecule has 2 atom stereocenters. The minimum atomic E-state index is -0.664. The van der Waals surface area contributed by atoms with Gasteiger partial charge >= 0.3 is 6.09 Å².